The second-order valence-electron chi connectivity index (χ2n) is 9.76. The van der Waals surface area contributed by atoms with E-state index in [1.807, 2.05) is 0 Å². The predicted molar refractivity (Wildman–Crippen MR) is 149 cm³/mol. The van der Waals surface area contributed by atoms with E-state index in [-0.39, 0.29) is 34.9 Å². The van der Waals surface area contributed by atoms with E-state index < -0.39 is 63.6 Å². The molecule has 5 aromatic rings. The van der Waals surface area contributed by atoms with Crippen molar-refractivity contribution in [3.8, 4) is 33.9 Å². The number of alkyl halides is 6. The summed E-state index contributed by atoms with van der Waals surface area (Å²) < 4.78 is 85.7. The average molecular weight is 660 g/mol. The number of hydrogen-bond acceptors (Lipinski definition) is 7. The monoisotopic (exact) mass is 659 g/mol. The first-order valence-electron chi connectivity index (χ1n) is 13.3. The lowest BCUT2D eigenvalue weighted by Gasteiger charge is -2.14. The zero-order valence-corrected chi connectivity index (χ0v) is 23.6. The predicted octanol–water partition coefficient (Wildman–Crippen LogP) is 5.37. The van der Waals surface area contributed by atoms with Crippen molar-refractivity contribution in [2.75, 3.05) is 6.54 Å². The topological polar surface area (TPSA) is 165 Å². The number of benzene rings is 3. The van der Waals surface area contributed by atoms with Crippen molar-refractivity contribution < 1.29 is 50.9 Å². The number of carbonyl (C=O) groups is 3. The van der Waals surface area contributed by atoms with E-state index in [9.17, 15) is 50.9 Å². The number of amides is 1. The molecule has 0 fully saturated rings. The summed E-state index contributed by atoms with van der Waals surface area (Å²) in [6.07, 6.45) is -8.01. The molecule has 0 aliphatic carbocycles. The smallest absolute Gasteiger partial charge is 0.417 e. The van der Waals surface area contributed by atoms with E-state index in [1.54, 1.807) is 6.92 Å². The Hall–Kier alpha value is -6.07. The lowest BCUT2D eigenvalue weighted by molar-refractivity contribution is -0.138. The normalized spacial score (nSPS) is 11.8. The minimum absolute atomic E-state index is 0.0128. The Morgan fingerprint density at radius 1 is 0.723 bits per heavy atom. The van der Waals surface area contributed by atoms with Gasteiger partial charge in [0.15, 0.2) is 0 Å². The average Bonchev–Trinajstić information content (AvgIpc) is 3.70. The largest absolute Gasteiger partial charge is 0.478 e. The summed E-state index contributed by atoms with van der Waals surface area (Å²) in [6, 6.07) is 9.79. The Morgan fingerprint density at radius 3 is 1.51 bits per heavy atom. The minimum atomic E-state index is -5.07. The van der Waals surface area contributed by atoms with Gasteiger partial charge in [-0.05, 0) is 37.3 Å². The van der Waals surface area contributed by atoms with Crippen molar-refractivity contribution in [3.05, 3.63) is 94.8 Å². The number of nitrogens with zero attached hydrogens (tertiary/aromatic N) is 6. The van der Waals surface area contributed by atoms with Crippen LogP contribution in [0.4, 0.5) is 26.3 Å². The quantitative estimate of drug-likeness (QED) is 0.186. The van der Waals surface area contributed by atoms with Gasteiger partial charge in [0.05, 0.1) is 46.0 Å². The third kappa shape index (κ3) is 6.37. The zero-order chi connectivity index (χ0) is 34.3. The highest BCUT2D eigenvalue weighted by Crippen LogP contribution is 2.40. The van der Waals surface area contributed by atoms with Gasteiger partial charge < -0.3 is 15.5 Å². The van der Waals surface area contributed by atoms with Gasteiger partial charge in [0.25, 0.3) is 5.91 Å². The van der Waals surface area contributed by atoms with Crippen LogP contribution in [0, 0.1) is 0 Å². The summed E-state index contributed by atoms with van der Waals surface area (Å²) in [5.74, 6) is -4.22. The molecule has 18 heteroatoms. The molecule has 0 atom stereocenters. The van der Waals surface area contributed by atoms with Crippen molar-refractivity contribution >= 4 is 17.8 Å². The molecule has 0 saturated heterocycles. The van der Waals surface area contributed by atoms with Gasteiger partial charge in [0.1, 0.15) is 11.4 Å². The Bertz CT molecular complexity index is 1900. The third-order valence-corrected chi connectivity index (χ3v) is 6.73. The van der Waals surface area contributed by atoms with Crippen molar-refractivity contribution in [2.24, 2.45) is 0 Å². The highest BCUT2D eigenvalue weighted by molar-refractivity contribution is 5.95. The molecule has 2 heterocycles. The Balaban J connectivity index is 1.63. The number of rotatable bonds is 8. The van der Waals surface area contributed by atoms with Gasteiger partial charge in [-0.15, -0.1) is 10.2 Å². The fourth-order valence-electron chi connectivity index (χ4n) is 4.78. The second kappa shape index (κ2) is 12.0. The van der Waals surface area contributed by atoms with Gasteiger partial charge in [-0.3, -0.25) is 4.79 Å². The summed E-state index contributed by atoms with van der Waals surface area (Å²) >= 11 is 0. The highest BCUT2D eigenvalue weighted by Gasteiger charge is 2.40. The molecule has 242 valence electrons. The standard InChI is InChI=1S/C29H19F6N7O5/c1-2-36-25(43)14-9-15(41-12-21(37-39-41)17-5-3-7-19(26(44)45)23(17)28(30,31)32)11-16(10-14)42-13-22(38-40-42)18-6-4-8-20(27(46)47)24(18)29(33,34)35/h3-13H,2H2,1H3,(H,36,43)(H,44,45)(H,46,47). The maximum Gasteiger partial charge on any atom is 0.417 e. The van der Waals surface area contributed by atoms with Gasteiger partial charge in [-0.25, -0.2) is 19.0 Å². The molecule has 2 aromatic heterocycles. The Kier molecular flexibility index (Phi) is 8.27. The van der Waals surface area contributed by atoms with Crippen LogP contribution in [0.3, 0.4) is 0 Å². The number of nitrogens with one attached hydrogen (secondary N) is 1. The van der Waals surface area contributed by atoms with Gasteiger partial charge in [-0.1, -0.05) is 34.7 Å². The van der Waals surface area contributed by atoms with Gasteiger partial charge in [0, 0.05) is 23.2 Å². The molecule has 0 aliphatic rings. The van der Waals surface area contributed by atoms with E-state index in [4.69, 9.17) is 0 Å². The molecule has 0 bridgehead atoms. The van der Waals surface area contributed by atoms with E-state index in [0.29, 0.717) is 0 Å². The summed E-state index contributed by atoms with van der Waals surface area (Å²) in [4.78, 5) is 35.9. The summed E-state index contributed by atoms with van der Waals surface area (Å²) in [6.45, 7) is 1.85. The number of carbonyl (C=O) groups excluding carboxylic acids is 1. The van der Waals surface area contributed by atoms with E-state index in [2.05, 4.69) is 25.9 Å². The van der Waals surface area contributed by atoms with Crippen LogP contribution in [0.1, 0.15) is 49.1 Å². The molecule has 5 rings (SSSR count). The van der Waals surface area contributed by atoms with E-state index >= 15 is 0 Å². The van der Waals surface area contributed by atoms with Crippen LogP contribution in [0.25, 0.3) is 33.9 Å². The summed E-state index contributed by atoms with van der Waals surface area (Å²) in [7, 11) is 0. The molecular formula is C29H19F6N7O5. The first kappa shape index (κ1) is 32.3. The first-order chi connectivity index (χ1) is 22.1. The molecule has 0 unspecified atom stereocenters. The van der Waals surface area contributed by atoms with Crippen molar-refractivity contribution in [1.29, 1.82) is 0 Å². The highest BCUT2D eigenvalue weighted by atomic mass is 19.4. The van der Waals surface area contributed by atoms with Crippen LogP contribution in [-0.2, 0) is 12.4 Å². The number of aromatic carboxylic acids is 2. The van der Waals surface area contributed by atoms with E-state index in [1.165, 1.54) is 18.2 Å². The van der Waals surface area contributed by atoms with Crippen LogP contribution < -0.4 is 5.32 Å². The minimum Gasteiger partial charge on any atom is -0.478 e. The molecule has 0 saturated carbocycles. The molecule has 47 heavy (non-hydrogen) atoms. The summed E-state index contributed by atoms with van der Waals surface area (Å²) in [5, 5.41) is 36.5. The first-order valence-corrected chi connectivity index (χ1v) is 13.3. The molecule has 3 N–H and O–H groups in total. The van der Waals surface area contributed by atoms with Crippen molar-refractivity contribution in [2.45, 2.75) is 19.3 Å². The van der Waals surface area contributed by atoms with Gasteiger partial charge in [-0.2, -0.15) is 26.3 Å². The third-order valence-electron chi connectivity index (χ3n) is 6.73. The molecule has 12 nitrogen and oxygen atoms in total. The number of halogens is 6. The molecule has 0 radical (unpaired) electrons. The fraction of sp³-hybridized carbons (Fsp3) is 0.138. The SMILES string of the molecule is CCNC(=O)c1cc(-n2cc(-c3cccc(C(=O)O)c3C(F)(F)F)nn2)cc(-n2cc(-c3cccc(C(=O)O)c3C(F)(F)F)nn2)c1. The molecule has 0 spiro atoms. The van der Waals surface area contributed by atoms with Crippen LogP contribution in [-0.4, -0.2) is 64.6 Å². The lowest BCUT2D eigenvalue weighted by atomic mass is 9.98. The van der Waals surface area contributed by atoms with Crippen LogP contribution in [0.5, 0.6) is 0 Å². The number of aromatic nitrogens is 6. The van der Waals surface area contributed by atoms with Crippen LogP contribution in [0.15, 0.2) is 67.0 Å². The fourth-order valence-corrected chi connectivity index (χ4v) is 4.78. The van der Waals surface area contributed by atoms with Gasteiger partial charge in [0.2, 0.25) is 0 Å². The van der Waals surface area contributed by atoms with Gasteiger partial charge >= 0.3 is 24.3 Å². The summed E-state index contributed by atoms with van der Waals surface area (Å²) in [5.41, 5.74) is -6.68. The van der Waals surface area contributed by atoms with Crippen LogP contribution >= 0.6 is 0 Å². The van der Waals surface area contributed by atoms with Crippen molar-refractivity contribution in [1.82, 2.24) is 35.3 Å². The lowest BCUT2D eigenvalue weighted by Crippen LogP contribution is -2.23. The maximum absolute atomic E-state index is 13.9. The number of hydrogen-bond donors (Lipinski definition) is 3. The second-order valence-corrected chi connectivity index (χ2v) is 9.76. The number of carboxylic acid groups (broad SMARTS) is 2. The van der Waals surface area contributed by atoms with E-state index in [0.717, 1.165) is 58.2 Å². The molecule has 3 aromatic carbocycles. The molecule has 0 aliphatic heterocycles. The Labute approximate surface area is 258 Å². The maximum atomic E-state index is 13.9. The molecule has 1 amide bonds. The van der Waals surface area contributed by atoms with Crippen LogP contribution in [0.2, 0.25) is 0 Å². The Morgan fingerprint density at radius 2 is 1.15 bits per heavy atom. The molecular weight excluding hydrogens is 640 g/mol. The number of carboxylic acids is 2. The zero-order valence-electron chi connectivity index (χ0n) is 23.6. The van der Waals surface area contributed by atoms with Crippen molar-refractivity contribution in [3.63, 3.8) is 0 Å².